The first-order valence-corrected chi connectivity index (χ1v) is 13.6. The van der Waals surface area contributed by atoms with Gasteiger partial charge < -0.3 is 4.57 Å². The maximum absolute atomic E-state index is 11.9. The van der Waals surface area contributed by atoms with Gasteiger partial charge in [-0.05, 0) is 70.6 Å². The predicted molar refractivity (Wildman–Crippen MR) is 150 cm³/mol. The Morgan fingerprint density at radius 3 is 2.44 bits per heavy atom. The molecule has 5 aromatic rings. The second-order valence-electron chi connectivity index (χ2n) is 9.32. The fraction of sp³-hybridized carbons (Fsp3) is 0.161. The lowest BCUT2D eigenvalue weighted by molar-refractivity contribution is 0.687. The van der Waals surface area contributed by atoms with E-state index in [0.717, 1.165) is 49.4 Å². The summed E-state index contributed by atoms with van der Waals surface area (Å²) in [4.78, 5) is 10.2. The maximum atomic E-state index is 11.9. The molecule has 2 aromatic heterocycles. The zero-order chi connectivity index (χ0) is 25.2. The highest BCUT2D eigenvalue weighted by molar-refractivity contribution is 7.84. The first-order valence-electron chi connectivity index (χ1n) is 12.0. The Morgan fingerprint density at radius 1 is 0.944 bits per heavy atom. The molecule has 0 spiro atoms. The Kier molecular flexibility index (Phi) is 6.66. The van der Waals surface area contributed by atoms with Crippen LogP contribution in [0.1, 0.15) is 42.3 Å². The summed E-state index contributed by atoms with van der Waals surface area (Å²) in [5.74, 6) is 1.30. The van der Waals surface area contributed by atoms with E-state index in [1.54, 1.807) is 6.26 Å². The number of pyridine rings is 1. The zero-order valence-corrected chi connectivity index (χ0v) is 21.8. The van der Waals surface area contributed by atoms with E-state index in [-0.39, 0.29) is 0 Å². The third-order valence-corrected chi connectivity index (χ3v) is 7.40. The van der Waals surface area contributed by atoms with Crippen LogP contribution in [0, 0.1) is 0 Å². The largest absolute Gasteiger partial charge is 0.334 e. The lowest BCUT2D eigenvalue weighted by atomic mass is 9.93. The minimum Gasteiger partial charge on any atom is -0.334 e. The van der Waals surface area contributed by atoms with Crippen LogP contribution in [0.4, 0.5) is 0 Å². The summed E-state index contributed by atoms with van der Waals surface area (Å²) in [6, 6.07) is 25.1. The molecule has 2 heterocycles. The quantitative estimate of drug-likeness (QED) is 0.238. The van der Waals surface area contributed by atoms with Crippen LogP contribution in [-0.2, 0) is 17.8 Å². The lowest BCUT2D eigenvalue weighted by Gasteiger charge is -2.13. The van der Waals surface area contributed by atoms with Gasteiger partial charge in [-0.15, -0.1) is 0 Å². The molecule has 0 bridgehead atoms. The van der Waals surface area contributed by atoms with Gasteiger partial charge in [-0.2, -0.15) is 0 Å². The molecule has 0 saturated heterocycles. The van der Waals surface area contributed by atoms with Crippen molar-refractivity contribution in [1.29, 1.82) is 0 Å². The number of fused-ring (bicyclic) bond motifs is 1. The van der Waals surface area contributed by atoms with Crippen molar-refractivity contribution in [3.8, 4) is 11.1 Å². The van der Waals surface area contributed by atoms with Crippen molar-refractivity contribution in [1.82, 2.24) is 14.5 Å². The SMILES string of the molecule is CC(C)c1cc(-c2cccc(C=C(c3ccc(S(C)=O)cc3)c3nccn3C)c2)c2ncccc2c1. The molecular formula is C31H29N3OS. The average Bonchev–Trinajstić information content (AvgIpc) is 3.32. The highest BCUT2D eigenvalue weighted by Crippen LogP contribution is 2.33. The number of benzene rings is 3. The van der Waals surface area contributed by atoms with E-state index in [4.69, 9.17) is 4.98 Å². The summed E-state index contributed by atoms with van der Waals surface area (Å²) in [5, 5.41) is 1.15. The minimum atomic E-state index is -1.02. The molecular weight excluding hydrogens is 462 g/mol. The van der Waals surface area contributed by atoms with Gasteiger partial charge in [0.25, 0.3) is 0 Å². The van der Waals surface area contributed by atoms with Gasteiger partial charge in [0, 0.05) is 64.1 Å². The molecule has 180 valence electrons. The number of hydrogen-bond donors (Lipinski definition) is 0. The second kappa shape index (κ2) is 10.0. The van der Waals surface area contributed by atoms with Crippen LogP contribution in [0.25, 0.3) is 33.7 Å². The van der Waals surface area contributed by atoms with Gasteiger partial charge in [0.05, 0.1) is 5.52 Å². The van der Waals surface area contributed by atoms with E-state index in [2.05, 4.69) is 67.4 Å². The summed E-state index contributed by atoms with van der Waals surface area (Å²) in [6.07, 6.45) is 9.49. The van der Waals surface area contributed by atoms with Crippen LogP contribution < -0.4 is 0 Å². The van der Waals surface area contributed by atoms with Crippen LogP contribution in [0.5, 0.6) is 0 Å². The first-order chi connectivity index (χ1) is 17.4. The maximum Gasteiger partial charge on any atom is 0.140 e. The van der Waals surface area contributed by atoms with Crippen molar-refractivity contribution in [2.45, 2.75) is 24.7 Å². The Bertz CT molecular complexity index is 1600. The number of hydrogen-bond acceptors (Lipinski definition) is 3. The predicted octanol–water partition coefficient (Wildman–Crippen LogP) is 7.09. The molecule has 0 aliphatic rings. The third-order valence-electron chi connectivity index (χ3n) is 6.46. The first kappa shape index (κ1) is 23.9. The summed E-state index contributed by atoms with van der Waals surface area (Å²) in [5.41, 5.74) is 7.69. The van der Waals surface area contributed by atoms with Crippen molar-refractivity contribution in [2.24, 2.45) is 7.05 Å². The lowest BCUT2D eigenvalue weighted by Crippen LogP contribution is -1.99. The van der Waals surface area contributed by atoms with E-state index in [0.29, 0.717) is 5.92 Å². The molecule has 4 nitrogen and oxygen atoms in total. The molecule has 5 rings (SSSR count). The summed E-state index contributed by atoms with van der Waals surface area (Å²) < 4.78 is 13.9. The molecule has 0 aliphatic carbocycles. The molecule has 0 fully saturated rings. The van der Waals surface area contributed by atoms with E-state index < -0.39 is 10.8 Å². The van der Waals surface area contributed by atoms with Crippen LogP contribution in [0.15, 0.2) is 96.3 Å². The van der Waals surface area contributed by atoms with Gasteiger partial charge in [-0.25, -0.2) is 4.98 Å². The third kappa shape index (κ3) is 4.79. The van der Waals surface area contributed by atoms with E-state index in [1.807, 2.05) is 60.5 Å². The average molecular weight is 492 g/mol. The topological polar surface area (TPSA) is 47.8 Å². The number of imidazole rings is 1. The summed E-state index contributed by atoms with van der Waals surface area (Å²) in [7, 11) is 0.980. The van der Waals surface area contributed by atoms with E-state index in [1.165, 1.54) is 5.56 Å². The van der Waals surface area contributed by atoms with Crippen molar-refractivity contribution < 1.29 is 4.21 Å². The molecule has 5 heteroatoms. The fourth-order valence-electron chi connectivity index (χ4n) is 4.46. The van der Waals surface area contributed by atoms with Gasteiger partial charge >= 0.3 is 0 Å². The van der Waals surface area contributed by atoms with Gasteiger partial charge in [0.2, 0.25) is 0 Å². The van der Waals surface area contributed by atoms with E-state index >= 15 is 0 Å². The second-order valence-corrected chi connectivity index (χ2v) is 10.7. The molecule has 3 aromatic carbocycles. The van der Waals surface area contributed by atoms with Gasteiger partial charge in [-0.1, -0.05) is 50.2 Å². The molecule has 0 saturated carbocycles. The smallest absolute Gasteiger partial charge is 0.140 e. The number of nitrogens with zero attached hydrogens (tertiary/aromatic N) is 3. The molecule has 1 unspecified atom stereocenters. The highest BCUT2D eigenvalue weighted by atomic mass is 32.2. The van der Waals surface area contributed by atoms with Crippen LogP contribution in [0.3, 0.4) is 0 Å². The molecule has 1 atom stereocenters. The van der Waals surface area contributed by atoms with Crippen LogP contribution >= 0.6 is 0 Å². The summed E-state index contributed by atoms with van der Waals surface area (Å²) in [6.45, 7) is 4.44. The molecule has 0 amide bonds. The monoisotopic (exact) mass is 491 g/mol. The molecule has 0 aliphatic heterocycles. The molecule has 0 radical (unpaired) electrons. The van der Waals surface area contributed by atoms with Crippen LogP contribution in [0.2, 0.25) is 0 Å². The zero-order valence-electron chi connectivity index (χ0n) is 21.0. The van der Waals surface area contributed by atoms with Crippen molar-refractivity contribution >= 4 is 33.4 Å². The Morgan fingerprint density at radius 2 is 1.75 bits per heavy atom. The van der Waals surface area contributed by atoms with E-state index in [9.17, 15) is 4.21 Å². The highest BCUT2D eigenvalue weighted by Gasteiger charge is 2.13. The van der Waals surface area contributed by atoms with Crippen molar-refractivity contribution in [2.75, 3.05) is 6.26 Å². The standard InChI is InChI=1S/C31H29N3OS/c1-21(2)26-19-25-9-6-14-32-30(25)28(20-26)24-8-5-7-22(17-24)18-29(31-33-15-16-34(31)3)23-10-12-27(13-11-23)36(4)35/h5-21H,1-4H3. The van der Waals surface area contributed by atoms with Gasteiger partial charge in [0.15, 0.2) is 0 Å². The van der Waals surface area contributed by atoms with Crippen LogP contribution in [-0.4, -0.2) is 25.0 Å². The summed E-state index contributed by atoms with van der Waals surface area (Å²) >= 11 is 0. The Hall–Kier alpha value is -3.83. The minimum absolute atomic E-state index is 0.423. The van der Waals surface area contributed by atoms with Gasteiger partial charge in [-0.3, -0.25) is 9.19 Å². The molecule has 0 N–H and O–H groups in total. The Balaban J connectivity index is 1.65. The number of rotatable bonds is 6. The normalized spacial score (nSPS) is 12.9. The Labute approximate surface area is 214 Å². The fourth-order valence-corrected chi connectivity index (χ4v) is 4.98. The number of aryl methyl sites for hydroxylation is 1. The number of aromatic nitrogens is 3. The van der Waals surface area contributed by atoms with Crippen molar-refractivity contribution in [3.05, 3.63) is 114 Å². The van der Waals surface area contributed by atoms with Crippen molar-refractivity contribution in [3.63, 3.8) is 0 Å². The van der Waals surface area contributed by atoms with Gasteiger partial charge in [0.1, 0.15) is 5.82 Å². The molecule has 36 heavy (non-hydrogen) atoms.